The Kier molecular flexibility index (Phi) is 6.49. The van der Waals surface area contributed by atoms with E-state index < -0.39 is 24.5 Å². The summed E-state index contributed by atoms with van der Waals surface area (Å²) in [7, 11) is 1.56. The summed E-state index contributed by atoms with van der Waals surface area (Å²) in [4.78, 5) is 25.1. The van der Waals surface area contributed by atoms with Gasteiger partial charge in [0.05, 0.1) is 26.1 Å². The molecule has 11 heteroatoms. The molecule has 11 nitrogen and oxygen atoms in total. The Balaban J connectivity index is 1.53. The number of ether oxygens (including phenoxy) is 3. The van der Waals surface area contributed by atoms with E-state index in [0.29, 0.717) is 29.9 Å². The maximum absolute atomic E-state index is 12.5. The fourth-order valence-electron chi connectivity index (χ4n) is 3.34. The molecule has 3 N–H and O–H groups in total. The first-order valence-electron chi connectivity index (χ1n) is 9.72. The number of aliphatic hydroxyl groups excluding tert-OH is 2. The van der Waals surface area contributed by atoms with Crippen LogP contribution in [0.5, 0.6) is 0 Å². The molecule has 164 valence electrons. The highest BCUT2D eigenvalue weighted by molar-refractivity contribution is 6.06. The normalized spacial score (nSPS) is 23.3. The fraction of sp³-hybridized carbons (Fsp3) is 0.400. The molecule has 3 heterocycles. The highest BCUT2D eigenvalue weighted by Gasteiger charge is 2.44. The Morgan fingerprint density at radius 2 is 1.97 bits per heavy atom. The Morgan fingerprint density at radius 3 is 2.74 bits per heavy atom. The lowest BCUT2D eigenvalue weighted by Gasteiger charge is -2.16. The molecule has 31 heavy (non-hydrogen) atoms. The summed E-state index contributed by atoms with van der Waals surface area (Å²) in [5.41, 5.74) is 1.15. The number of hydrogen-bond donors (Lipinski definition) is 3. The number of amides is 1. The van der Waals surface area contributed by atoms with Gasteiger partial charge in [-0.3, -0.25) is 9.36 Å². The smallest absolute Gasteiger partial charge is 0.256 e. The van der Waals surface area contributed by atoms with Crippen LogP contribution in [0.1, 0.15) is 16.6 Å². The Labute approximate surface area is 177 Å². The van der Waals surface area contributed by atoms with Crippen molar-refractivity contribution in [2.24, 2.45) is 0 Å². The third-order valence-electron chi connectivity index (χ3n) is 4.95. The van der Waals surface area contributed by atoms with Gasteiger partial charge in [0, 0.05) is 12.7 Å². The first kappa shape index (κ1) is 21.3. The molecule has 3 aromatic rings. The lowest BCUT2D eigenvalue weighted by molar-refractivity contribution is -0.0697. The van der Waals surface area contributed by atoms with E-state index in [2.05, 4.69) is 20.3 Å². The zero-order valence-corrected chi connectivity index (χ0v) is 16.8. The van der Waals surface area contributed by atoms with E-state index in [1.54, 1.807) is 31.4 Å². The van der Waals surface area contributed by atoms with Crippen LogP contribution < -0.4 is 5.32 Å². The number of anilines is 1. The van der Waals surface area contributed by atoms with E-state index in [1.165, 1.54) is 17.2 Å². The van der Waals surface area contributed by atoms with Crippen molar-refractivity contribution >= 4 is 22.9 Å². The first-order valence-corrected chi connectivity index (χ1v) is 9.72. The first-order chi connectivity index (χ1) is 15.1. The molecule has 1 aromatic carbocycles. The van der Waals surface area contributed by atoms with Crippen molar-refractivity contribution in [3.8, 4) is 0 Å². The number of imidazole rings is 1. The average Bonchev–Trinajstić information content (AvgIpc) is 3.34. The largest absolute Gasteiger partial charge is 0.387 e. The quantitative estimate of drug-likeness (QED) is 0.433. The van der Waals surface area contributed by atoms with E-state index in [-0.39, 0.29) is 18.3 Å². The van der Waals surface area contributed by atoms with Crippen LogP contribution in [0, 0.1) is 0 Å². The number of aromatic nitrogens is 4. The number of methoxy groups -OCH3 is 1. The molecule has 0 unspecified atom stereocenters. The second kappa shape index (κ2) is 9.45. The van der Waals surface area contributed by atoms with Gasteiger partial charge in [-0.25, -0.2) is 15.0 Å². The number of rotatable bonds is 8. The summed E-state index contributed by atoms with van der Waals surface area (Å²) < 4.78 is 17.6. The zero-order chi connectivity index (χ0) is 21.8. The minimum Gasteiger partial charge on any atom is -0.387 e. The van der Waals surface area contributed by atoms with Crippen LogP contribution >= 0.6 is 0 Å². The summed E-state index contributed by atoms with van der Waals surface area (Å²) in [6.07, 6.45) is -1.32. The summed E-state index contributed by atoms with van der Waals surface area (Å²) in [5, 5.41) is 23.6. The van der Waals surface area contributed by atoms with Gasteiger partial charge in [-0.1, -0.05) is 18.2 Å². The van der Waals surface area contributed by atoms with Gasteiger partial charge in [-0.2, -0.15) is 0 Å². The molecule has 1 saturated heterocycles. The van der Waals surface area contributed by atoms with Crippen molar-refractivity contribution in [2.45, 2.75) is 24.5 Å². The number of hydrogen-bond acceptors (Lipinski definition) is 9. The molecular formula is C20H23N5O6. The second-order valence-electron chi connectivity index (χ2n) is 6.98. The standard InChI is InChI=1S/C20H23N5O6/c1-29-7-8-30-9-13-15(26)16(27)20(31-13)25-11-23-14-17(21-10-22-18(14)25)24-19(28)12-5-3-2-4-6-12/h2-6,10-11,13,15-16,20,26-27H,7-9H2,1H3,(H,21,22,24,28)/t13-,15-,16-,20-/m1/s1. The number of carbonyl (C=O) groups excluding carboxylic acids is 1. The number of nitrogens with zero attached hydrogens (tertiary/aromatic N) is 4. The molecular weight excluding hydrogens is 406 g/mol. The third-order valence-corrected chi connectivity index (χ3v) is 4.95. The molecule has 1 aliphatic heterocycles. The lowest BCUT2D eigenvalue weighted by Crippen LogP contribution is -2.34. The van der Waals surface area contributed by atoms with Crippen molar-refractivity contribution in [3.05, 3.63) is 48.5 Å². The lowest BCUT2D eigenvalue weighted by atomic mass is 10.1. The van der Waals surface area contributed by atoms with E-state index in [1.807, 2.05) is 6.07 Å². The molecule has 0 bridgehead atoms. The van der Waals surface area contributed by atoms with E-state index in [0.717, 1.165) is 0 Å². The Morgan fingerprint density at radius 1 is 1.16 bits per heavy atom. The molecule has 0 aliphatic carbocycles. The minimum atomic E-state index is -1.22. The van der Waals surface area contributed by atoms with E-state index >= 15 is 0 Å². The Bertz CT molecular complexity index is 1030. The molecule has 1 aliphatic rings. The maximum atomic E-state index is 12.5. The summed E-state index contributed by atoms with van der Waals surface area (Å²) in [5.74, 6) is -0.110. The van der Waals surface area contributed by atoms with Crippen LogP contribution in [0.15, 0.2) is 43.0 Å². The zero-order valence-electron chi connectivity index (χ0n) is 16.8. The summed E-state index contributed by atoms with van der Waals surface area (Å²) in [6, 6.07) is 8.71. The van der Waals surface area contributed by atoms with Crippen LogP contribution in [-0.2, 0) is 14.2 Å². The monoisotopic (exact) mass is 429 g/mol. The van der Waals surface area contributed by atoms with Crippen LogP contribution in [-0.4, -0.2) is 80.9 Å². The predicted octanol–water partition coefficient (Wildman–Crippen LogP) is 0.361. The van der Waals surface area contributed by atoms with Crippen molar-refractivity contribution in [2.75, 3.05) is 32.2 Å². The molecule has 4 rings (SSSR count). The predicted molar refractivity (Wildman–Crippen MR) is 108 cm³/mol. The maximum Gasteiger partial charge on any atom is 0.256 e. The van der Waals surface area contributed by atoms with E-state index in [9.17, 15) is 15.0 Å². The molecule has 0 spiro atoms. The van der Waals surface area contributed by atoms with Gasteiger partial charge >= 0.3 is 0 Å². The molecule has 2 aromatic heterocycles. The number of carbonyl (C=O) groups is 1. The van der Waals surface area contributed by atoms with E-state index in [4.69, 9.17) is 14.2 Å². The van der Waals surface area contributed by atoms with Gasteiger partial charge in [0.1, 0.15) is 24.6 Å². The van der Waals surface area contributed by atoms with Crippen LogP contribution in [0.4, 0.5) is 5.82 Å². The molecule has 1 fully saturated rings. The summed E-state index contributed by atoms with van der Waals surface area (Å²) >= 11 is 0. The summed E-state index contributed by atoms with van der Waals surface area (Å²) in [6.45, 7) is 0.850. The van der Waals surface area contributed by atoms with Crippen LogP contribution in [0.3, 0.4) is 0 Å². The van der Waals surface area contributed by atoms with Gasteiger partial charge in [-0.05, 0) is 12.1 Å². The number of fused-ring (bicyclic) bond motifs is 1. The number of nitrogens with one attached hydrogen (secondary N) is 1. The molecule has 0 radical (unpaired) electrons. The van der Waals surface area contributed by atoms with Gasteiger partial charge in [0.2, 0.25) is 0 Å². The number of benzene rings is 1. The van der Waals surface area contributed by atoms with Crippen molar-refractivity contribution in [3.63, 3.8) is 0 Å². The molecule has 1 amide bonds. The van der Waals surface area contributed by atoms with Gasteiger partial charge < -0.3 is 29.7 Å². The van der Waals surface area contributed by atoms with Crippen molar-refractivity contribution in [1.29, 1.82) is 0 Å². The minimum absolute atomic E-state index is 0.0953. The highest BCUT2D eigenvalue weighted by Crippen LogP contribution is 2.32. The van der Waals surface area contributed by atoms with Crippen LogP contribution in [0.2, 0.25) is 0 Å². The van der Waals surface area contributed by atoms with Crippen molar-refractivity contribution in [1.82, 2.24) is 19.5 Å². The second-order valence-corrected chi connectivity index (χ2v) is 6.98. The molecule has 4 atom stereocenters. The van der Waals surface area contributed by atoms with Gasteiger partial charge in [0.15, 0.2) is 23.2 Å². The average molecular weight is 429 g/mol. The van der Waals surface area contributed by atoms with Gasteiger partial charge in [0.25, 0.3) is 5.91 Å². The third kappa shape index (κ3) is 4.40. The highest BCUT2D eigenvalue weighted by atomic mass is 16.6. The van der Waals surface area contributed by atoms with Crippen LogP contribution in [0.25, 0.3) is 11.2 Å². The Hall–Kier alpha value is -2.96. The SMILES string of the molecule is COCCOC[C@H]1O[C@@H](n2cnc3c(NC(=O)c4ccccc4)ncnc32)[C@H](O)[C@@H]1O. The van der Waals surface area contributed by atoms with Gasteiger partial charge in [-0.15, -0.1) is 0 Å². The topological polar surface area (TPSA) is 141 Å². The molecule has 0 saturated carbocycles. The number of aliphatic hydroxyl groups is 2. The van der Waals surface area contributed by atoms with Crippen molar-refractivity contribution < 1.29 is 29.2 Å². The fourth-order valence-corrected chi connectivity index (χ4v) is 3.34.